The Hall–Kier alpha value is -0.534. The Labute approximate surface area is 411 Å². The van der Waals surface area contributed by atoms with Crippen LogP contribution in [0.15, 0.2) is 36.4 Å². The molecule has 8 heteroatoms. The van der Waals surface area contributed by atoms with Gasteiger partial charge in [0.15, 0.2) is 0 Å². The van der Waals surface area contributed by atoms with Gasteiger partial charge in [-0.1, -0.05) is 145 Å². The third kappa shape index (κ3) is 20.1. The van der Waals surface area contributed by atoms with E-state index in [1.165, 1.54) is 89.9 Å². The van der Waals surface area contributed by atoms with Gasteiger partial charge in [-0.05, 0) is 148 Å². The van der Waals surface area contributed by atoms with Crippen LogP contribution >= 0.6 is 7.82 Å². The number of hydrogen-bond donors (Lipinski definition) is 0. The molecular formula is C52H86KO6P. The Morgan fingerprint density at radius 2 is 0.867 bits per heavy atom. The van der Waals surface area contributed by atoms with Gasteiger partial charge < -0.3 is 23.4 Å². The fourth-order valence-electron chi connectivity index (χ4n) is 9.48. The Bertz CT molecular complexity index is 1470. The van der Waals surface area contributed by atoms with Crippen molar-refractivity contribution in [2.45, 2.75) is 222 Å². The van der Waals surface area contributed by atoms with Gasteiger partial charge in [0.05, 0.1) is 0 Å². The minimum Gasteiger partial charge on any atom is -0.736 e. The zero-order valence-electron chi connectivity index (χ0n) is 40.4. The van der Waals surface area contributed by atoms with E-state index in [-0.39, 0.29) is 74.1 Å². The van der Waals surface area contributed by atoms with Crippen LogP contribution in [0.5, 0.6) is 23.0 Å². The largest absolute Gasteiger partial charge is 1.00 e. The SMILES string of the molecule is CC(C)CCCC(C)CCCC(C)CCCC1(C)CCc2cc(OP(=O)([O-])Oc3ccc4c(c3)CCC(C)(CCCC(C)CCCC(C)CCCC(C)C)O4)ccc2O1.[K+]. The maximum atomic E-state index is 13.1. The Morgan fingerprint density at radius 1 is 0.550 bits per heavy atom. The standard InChI is InChI=1S/C52H87O6P.K/c1-39(2)17-11-19-41(5)21-13-23-43(7)25-15-33-51(9)35-31-45-37-47(27-29-49(45)55-51)57-59(53,54)58-48-28-30-50-46(38-48)32-36-52(10,56-50)34-16-26-44(8)24-14-22-42(6)20-12-18-40(3)4;/h27-30,37-44H,11-26,31-36H2,1-10H3,(H,53,54);/q;+1/p-1. The van der Waals surface area contributed by atoms with Crippen LogP contribution in [0, 0.1) is 35.5 Å². The van der Waals surface area contributed by atoms with Gasteiger partial charge in [0, 0.05) is 0 Å². The maximum Gasteiger partial charge on any atom is 1.00 e. The summed E-state index contributed by atoms with van der Waals surface area (Å²) >= 11 is 0. The summed E-state index contributed by atoms with van der Waals surface area (Å²) in [7, 11) is -4.69. The molecule has 2 aliphatic rings. The van der Waals surface area contributed by atoms with Crippen molar-refractivity contribution in [2.24, 2.45) is 35.5 Å². The van der Waals surface area contributed by atoms with Crippen LogP contribution < -0.4 is 74.8 Å². The number of hydrogen-bond acceptors (Lipinski definition) is 6. The molecule has 0 saturated heterocycles. The number of aryl methyl sites for hydroxylation is 2. The first kappa shape index (κ1) is 53.8. The molecule has 2 aromatic rings. The number of phosphoric acid groups is 1. The van der Waals surface area contributed by atoms with Crippen molar-refractivity contribution in [3.63, 3.8) is 0 Å². The van der Waals surface area contributed by atoms with Crippen molar-refractivity contribution in [1.29, 1.82) is 0 Å². The Morgan fingerprint density at radius 3 is 1.20 bits per heavy atom. The van der Waals surface area contributed by atoms with E-state index in [4.69, 9.17) is 18.5 Å². The molecule has 2 aliphatic heterocycles. The molecule has 6 nitrogen and oxygen atoms in total. The summed E-state index contributed by atoms with van der Waals surface area (Å²) in [5.41, 5.74) is 1.51. The van der Waals surface area contributed by atoms with E-state index in [9.17, 15) is 9.46 Å². The molecule has 0 N–H and O–H groups in total. The molecule has 2 heterocycles. The van der Waals surface area contributed by atoms with Crippen LogP contribution in [0.1, 0.15) is 209 Å². The van der Waals surface area contributed by atoms with Gasteiger partial charge in [-0.3, -0.25) is 0 Å². The molecule has 0 bridgehead atoms. The molecule has 0 spiro atoms. The predicted octanol–water partition coefficient (Wildman–Crippen LogP) is 12.7. The summed E-state index contributed by atoms with van der Waals surface area (Å²) < 4.78 is 37.1. The average Bonchev–Trinajstić information content (AvgIpc) is 3.14. The fourth-order valence-corrected chi connectivity index (χ4v) is 10.3. The number of phosphoric ester groups is 1. The number of rotatable bonds is 28. The Kier molecular flexibility index (Phi) is 23.7. The van der Waals surface area contributed by atoms with E-state index in [1.807, 2.05) is 12.1 Å². The van der Waals surface area contributed by atoms with Crippen molar-refractivity contribution in [3.05, 3.63) is 47.5 Å². The van der Waals surface area contributed by atoms with Crippen LogP contribution in [0.25, 0.3) is 0 Å². The molecular weight excluding hydrogens is 791 g/mol. The van der Waals surface area contributed by atoms with Crippen molar-refractivity contribution >= 4 is 7.82 Å². The maximum absolute atomic E-state index is 13.1. The molecule has 0 amide bonds. The molecule has 336 valence electrons. The van der Waals surface area contributed by atoms with Crippen LogP contribution in [0.4, 0.5) is 0 Å². The quantitative estimate of drug-likeness (QED) is 0.0626. The predicted molar refractivity (Wildman–Crippen MR) is 246 cm³/mol. The van der Waals surface area contributed by atoms with Crippen molar-refractivity contribution in [3.8, 4) is 23.0 Å². The molecule has 0 radical (unpaired) electrons. The van der Waals surface area contributed by atoms with Gasteiger partial charge in [-0.25, -0.2) is 4.57 Å². The first-order valence-corrected chi connectivity index (χ1v) is 25.7. The van der Waals surface area contributed by atoms with Crippen LogP contribution in [0.3, 0.4) is 0 Å². The first-order chi connectivity index (χ1) is 27.9. The molecule has 6 unspecified atom stereocenters. The molecule has 0 aliphatic carbocycles. The fraction of sp³-hybridized carbons (Fsp3) is 0.769. The summed E-state index contributed by atoms with van der Waals surface area (Å²) in [4.78, 5) is 13.1. The van der Waals surface area contributed by atoms with E-state index < -0.39 is 7.82 Å². The molecule has 4 rings (SSSR count). The minimum atomic E-state index is -4.69. The normalized spacial score (nSPS) is 21.7. The Balaban J connectivity index is 0.00000961. The van der Waals surface area contributed by atoms with Gasteiger partial charge in [0.25, 0.3) is 0 Å². The van der Waals surface area contributed by atoms with E-state index in [0.717, 1.165) is 109 Å². The molecule has 60 heavy (non-hydrogen) atoms. The zero-order chi connectivity index (χ0) is 43.1. The van der Waals surface area contributed by atoms with Crippen LogP contribution in [0.2, 0.25) is 0 Å². The average molecular weight is 877 g/mol. The molecule has 0 fully saturated rings. The molecule has 2 aromatic carbocycles. The van der Waals surface area contributed by atoms with Gasteiger partial charge in [-0.15, -0.1) is 0 Å². The topological polar surface area (TPSA) is 77.1 Å². The van der Waals surface area contributed by atoms with E-state index in [0.29, 0.717) is 0 Å². The van der Waals surface area contributed by atoms with Crippen LogP contribution in [-0.2, 0) is 17.4 Å². The number of fused-ring (bicyclic) bond motifs is 2. The number of benzene rings is 2. The summed E-state index contributed by atoms with van der Waals surface area (Å²) in [5, 5.41) is 0. The second kappa shape index (κ2) is 26.4. The van der Waals surface area contributed by atoms with E-state index in [1.54, 1.807) is 24.3 Å². The molecule has 0 saturated carbocycles. The number of ether oxygens (including phenoxy) is 2. The van der Waals surface area contributed by atoms with Crippen molar-refractivity contribution in [2.75, 3.05) is 0 Å². The van der Waals surface area contributed by atoms with Gasteiger partial charge in [0.1, 0.15) is 34.2 Å². The first-order valence-electron chi connectivity index (χ1n) is 24.3. The zero-order valence-corrected chi connectivity index (χ0v) is 44.4. The molecule has 6 atom stereocenters. The van der Waals surface area contributed by atoms with Gasteiger partial charge in [0.2, 0.25) is 0 Å². The van der Waals surface area contributed by atoms with Crippen molar-refractivity contribution < 1.29 is 79.4 Å². The summed E-state index contributed by atoms with van der Waals surface area (Å²) in [6.45, 7) is 23.4. The summed E-state index contributed by atoms with van der Waals surface area (Å²) in [5.74, 6) is 6.90. The van der Waals surface area contributed by atoms with Gasteiger partial charge in [-0.2, -0.15) is 0 Å². The third-order valence-electron chi connectivity index (χ3n) is 13.6. The smallest absolute Gasteiger partial charge is 0.736 e. The second-order valence-corrected chi connectivity index (χ2v) is 22.2. The summed E-state index contributed by atoms with van der Waals surface area (Å²) in [6, 6.07) is 10.6. The van der Waals surface area contributed by atoms with Crippen LogP contribution in [-0.4, -0.2) is 11.2 Å². The second-order valence-electron chi connectivity index (χ2n) is 21.0. The third-order valence-corrected chi connectivity index (χ3v) is 14.5. The van der Waals surface area contributed by atoms with E-state index >= 15 is 0 Å². The van der Waals surface area contributed by atoms with Gasteiger partial charge >= 0.3 is 59.2 Å². The molecule has 0 aromatic heterocycles. The minimum absolute atomic E-state index is 0. The summed E-state index contributed by atoms with van der Waals surface area (Å²) in [6.07, 6.45) is 26.4. The van der Waals surface area contributed by atoms with Crippen molar-refractivity contribution in [1.82, 2.24) is 0 Å². The van der Waals surface area contributed by atoms with E-state index in [2.05, 4.69) is 69.2 Å². The monoisotopic (exact) mass is 877 g/mol.